The van der Waals surface area contributed by atoms with Crippen LogP contribution in [0.5, 0.6) is 0 Å². The van der Waals surface area contributed by atoms with E-state index in [-0.39, 0.29) is 5.91 Å². The number of carbonyl (C=O) groups excluding carboxylic acids is 1. The minimum absolute atomic E-state index is 0.0270. The van der Waals surface area contributed by atoms with Gasteiger partial charge >= 0.3 is 0 Å². The molecule has 1 amide bonds. The Kier molecular flexibility index (Phi) is 4.90. The summed E-state index contributed by atoms with van der Waals surface area (Å²) in [6, 6.07) is 13.9. The van der Waals surface area contributed by atoms with Gasteiger partial charge in [0.15, 0.2) is 0 Å². The van der Waals surface area contributed by atoms with E-state index in [0.29, 0.717) is 10.9 Å². The molecule has 2 aromatic heterocycles. The number of amides is 1. The second-order valence-electron chi connectivity index (χ2n) is 5.86. The molecule has 25 heavy (non-hydrogen) atoms. The van der Waals surface area contributed by atoms with Crippen molar-refractivity contribution in [3.63, 3.8) is 0 Å². The molecule has 1 aliphatic rings. The maximum Gasteiger partial charge on any atom is 0.273 e. The fourth-order valence-corrected chi connectivity index (χ4v) is 4.90. The molecule has 3 heterocycles. The smallest absolute Gasteiger partial charge is 0.273 e. The molecule has 1 atom stereocenters. The summed E-state index contributed by atoms with van der Waals surface area (Å²) in [6.07, 6.45) is 2.61. The molecule has 0 saturated carbocycles. The highest BCUT2D eigenvalue weighted by Gasteiger charge is 2.25. The van der Waals surface area contributed by atoms with Crippen molar-refractivity contribution in [1.29, 1.82) is 0 Å². The summed E-state index contributed by atoms with van der Waals surface area (Å²) in [4.78, 5) is 19.3. The van der Waals surface area contributed by atoms with Crippen molar-refractivity contribution in [3.05, 3.63) is 65.6 Å². The summed E-state index contributed by atoms with van der Waals surface area (Å²) in [5, 5.41) is 3.08. The zero-order chi connectivity index (χ0) is 17.1. The van der Waals surface area contributed by atoms with Crippen LogP contribution in [0.4, 0.5) is 0 Å². The summed E-state index contributed by atoms with van der Waals surface area (Å²) in [7, 11) is 0. The number of benzene rings is 1. The molecule has 0 aliphatic carbocycles. The third-order valence-electron chi connectivity index (χ3n) is 4.23. The van der Waals surface area contributed by atoms with Gasteiger partial charge in [-0.25, -0.2) is 4.98 Å². The van der Waals surface area contributed by atoms with Gasteiger partial charge in [0.25, 0.3) is 5.91 Å². The Bertz CT molecular complexity index is 830. The molecule has 0 radical (unpaired) electrons. The van der Waals surface area contributed by atoms with Crippen LogP contribution in [0.25, 0.3) is 10.6 Å². The predicted molar refractivity (Wildman–Crippen MR) is 102 cm³/mol. The first-order chi connectivity index (χ1) is 12.3. The van der Waals surface area contributed by atoms with E-state index in [1.54, 1.807) is 6.26 Å². The van der Waals surface area contributed by atoms with Gasteiger partial charge in [-0.15, -0.1) is 23.1 Å². The summed E-state index contributed by atoms with van der Waals surface area (Å²) >= 11 is 3.37. The highest BCUT2D eigenvalue weighted by Crippen LogP contribution is 2.35. The SMILES string of the molecule is O=C(c1csc(-c2ccccc2)n1)N1CCSC(c2ccco2)CC1. The van der Waals surface area contributed by atoms with Crippen LogP contribution < -0.4 is 0 Å². The van der Waals surface area contributed by atoms with Crippen LogP contribution in [0.15, 0.2) is 58.5 Å². The molecule has 3 aromatic rings. The zero-order valence-corrected chi connectivity index (χ0v) is 15.3. The summed E-state index contributed by atoms with van der Waals surface area (Å²) in [6.45, 7) is 1.48. The van der Waals surface area contributed by atoms with Gasteiger partial charge in [-0.1, -0.05) is 30.3 Å². The van der Waals surface area contributed by atoms with Gasteiger partial charge in [-0.2, -0.15) is 0 Å². The third-order valence-corrected chi connectivity index (χ3v) is 6.41. The average molecular weight is 370 g/mol. The molecular formula is C19H18N2O2S2. The number of carbonyl (C=O) groups is 1. The number of aromatic nitrogens is 1. The number of nitrogens with zero attached hydrogens (tertiary/aromatic N) is 2. The maximum atomic E-state index is 12.8. The number of hydrogen-bond donors (Lipinski definition) is 0. The molecule has 4 rings (SSSR count). The topological polar surface area (TPSA) is 46.3 Å². The Hall–Kier alpha value is -2.05. The van der Waals surface area contributed by atoms with Gasteiger partial charge in [-0.05, 0) is 18.6 Å². The van der Waals surface area contributed by atoms with E-state index in [4.69, 9.17) is 4.42 Å². The monoisotopic (exact) mass is 370 g/mol. The molecule has 1 unspecified atom stereocenters. The molecule has 0 spiro atoms. The van der Waals surface area contributed by atoms with E-state index in [9.17, 15) is 4.79 Å². The predicted octanol–water partition coefficient (Wildman–Crippen LogP) is 4.72. The fourth-order valence-electron chi connectivity index (χ4n) is 2.92. The molecule has 0 N–H and O–H groups in total. The van der Waals surface area contributed by atoms with Crippen molar-refractivity contribution >= 4 is 29.0 Å². The van der Waals surface area contributed by atoms with Crippen LogP contribution in [0, 0.1) is 0 Å². The Balaban J connectivity index is 1.45. The lowest BCUT2D eigenvalue weighted by Crippen LogP contribution is -2.33. The molecule has 1 fully saturated rings. The van der Waals surface area contributed by atoms with Crippen molar-refractivity contribution in [1.82, 2.24) is 9.88 Å². The number of thiazole rings is 1. The Labute approximate surface area is 154 Å². The second-order valence-corrected chi connectivity index (χ2v) is 8.03. The standard InChI is InChI=1S/C19H18N2O2S2/c22-19(15-13-25-18(20-15)14-5-2-1-3-6-14)21-9-8-17(24-12-10-21)16-7-4-11-23-16/h1-7,11,13,17H,8-10,12H2. The van der Waals surface area contributed by atoms with Crippen LogP contribution in [-0.4, -0.2) is 34.6 Å². The molecule has 6 heteroatoms. The van der Waals surface area contributed by atoms with Crippen molar-refractivity contribution in [2.24, 2.45) is 0 Å². The first-order valence-corrected chi connectivity index (χ1v) is 10.2. The fraction of sp³-hybridized carbons (Fsp3) is 0.263. The first kappa shape index (κ1) is 16.4. The highest BCUT2D eigenvalue weighted by atomic mass is 32.2. The molecule has 1 aromatic carbocycles. The van der Waals surface area contributed by atoms with E-state index >= 15 is 0 Å². The Morgan fingerprint density at radius 3 is 2.84 bits per heavy atom. The Morgan fingerprint density at radius 2 is 2.04 bits per heavy atom. The maximum absolute atomic E-state index is 12.8. The molecule has 4 nitrogen and oxygen atoms in total. The second kappa shape index (κ2) is 7.45. The minimum Gasteiger partial charge on any atom is -0.468 e. The van der Waals surface area contributed by atoms with Gasteiger partial charge in [0.05, 0.1) is 11.5 Å². The minimum atomic E-state index is 0.0270. The number of hydrogen-bond acceptors (Lipinski definition) is 5. The van der Waals surface area contributed by atoms with E-state index in [0.717, 1.165) is 41.6 Å². The number of thioether (sulfide) groups is 1. The van der Waals surface area contributed by atoms with E-state index < -0.39 is 0 Å². The molecular weight excluding hydrogens is 352 g/mol. The van der Waals surface area contributed by atoms with Gasteiger partial charge < -0.3 is 9.32 Å². The number of rotatable bonds is 3. The lowest BCUT2D eigenvalue weighted by molar-refractivity contribution is 0.0761. The summed E-state index contributed by atoms with van der Waals surface area (Å²) in [5.41, 5.74) is 1.60. The van der Waals surface area contributed by atoms with E-state index in [1.165, 1.54) is 11.3 Å². The molecule has 128 valence electrons. The van der Waals surface area contributed by atoms with E-state index in [1.807, 2.05) is 64.5 Å². The highest BCUT2D eigenvalue weighted by molar-refractivity contribution is 7.99. The van der Waals surface area contributed by atoms with Gasteiger partial charge in [0, 0.05) is 29.8 Å². The Morgan fingerprint density at radius 1 is 1.16 bits per heavy atom. The van der Waals surface area contributed by atoms with E-state index in [2.05, 4.69) is 4.98 Å². The van der Waals surface area contributed by atoms with Crippen molar-refractivity contribution in [2.45, 2.75) is 11.7 Å². The van der Waals surface area contributed by atoms with Crippen LogP contribution >= 0.6 is 23.1 Å². The van der Waals surface area contributed by atoms with Crippen molar-refractivity contribution in [2.75, 3.05) is 18.8 Å². The van der Waals surface area contributed by atoms with Crippen LogP contribution in [0.2, 0.25) is 0 Å². The van der Waals surface area contributed by atoms with Gasteiger partial charge in [0.1, 0.15) is 16.5 Å². The zero-order valence-electron chi connectivity index (χ0n) is 13.6. The third kappa shape index (κ3) is 3.65. The molecule has 0 bridgehead atoms. The number of furan rings is 1. The molecule has 1 saturated heterocycles. The lowest BCUT2D eigenvalue weighted by atomic mass is 10.2. The van der Waals surface area contributed by atoms with Gasteiger partial charge in [-0.3, -0.25) is 4.79 Å². The summed E-state index contributed by atoms with van der Waals surface area (Å²) < 4.78 is 5.53. The average Bonchev–Trinajstić information content (AvgIpc) is 3.30. The largest absolute Gasteiger partial charge is 0.468 e. The lowest BCUT2D eigenvalue weighted by Gasteiger charge is -2.18. The first-order valence-electron chi connectivity index (χ1n) is 8.26. The van der Waals surface area contributed by atoms with Crippen molar-refractivity contribution < 1.29 is 9.21 Å². The van der Waals surface area contributed by atoms with Crippen LogP contribution in [0.1, 0.15) is 27.9 Å². The van der Waals surface area contributed by atoms with Gasteiger partial charge in [0.2, 0.25) is 0 Å². The molecule has 1 aliphatic heterocycles. The normalized spacial score (nSPS) is 18.1. The quantitative estimate of drug-likeness (QED) is 0.669. The van der Waals surface area contributed by atoms with Crippen LogP contribution in [-0.2, 0) is 0 Å². The summed E-state index contributed by atoms with van der Waals surface area (Å²) in [5.74, 6) is 1.94. The van der Waals surface area contributed by atoms with Crippen molar-refractivity contribution in [3.8, 4) is 10.6 Å². The van der Waals surface area contributed by atoms with Crippen LogP contribution in [0.3, 0.4) is 0 Å².